The number of carbonyl (C=O) groups excluding carboxylic acids is 1. The van der Waals surface area contributed by atoms with E-state index in [1.54, 1.807) is 6.92 Å². The maximum Gasteiger partial charge on any atom is 0.356 e. The van der Waals surface area contributed by atoms with E-state index in [1.807, 2.05) is 0 Å². The summed E-state index contributed by atoms with van der Waals surface area (Å²) in [5, 5.41) is 16.1. The lowest BCUT2D eigenvalue weighted by Gasteiger charge is -1.99. The van der Waals surface area contributed by atoms with Crippen molar-refractivity contribution < 1.29 is 24.5 Å². The van der Waals surface area contributed by atoms with E-state index in [9.17, 15) is 9.59 Å². The van der Waals surface area contributed by atoms with Crippen molar-refractivity contribution >= 4 is 46.7 Å². The van der Waals surface area contributed by atoms with E-state index in [4.69, 9.17) is 45.0 Å². The van der Waals surface area contributed by atoms with Crippen LogP contribution in [0.3, 0.4) is 0 Å². The molecule has 16 heavy (non-hydrogen) atoms. The zero-order valence-electron chi connectivity index (χ0n) is 8.58. The number of halogens is 3. The molecule has 0 unspecified atom stereocenters. The normalized spacial score (nSPS) is 10.1. The number of ether oxygens (including phenoxy) is 1. The molecule has 0 aliphatic heterocycles. The largest absolute Gasteiger partial charge is 0.478 e. The molecular formula is C8H13Cl3O5. The molecule has 0 aromatic carbocycles. The summed E-state index contributed by atoms with van der Waals surface area (Å²) in [6, 6.07) is 0. The number of alkyl halides is 3. The molecule has 0 radical (unpaired) electrons. The Morgan fingerprint density at radius 1 is 1.31 bits per heavy atom. The lowest BCUT2D eigenvalue weighted by molar-refractivity contribution is -0.143. The molecular weight excluding hydrogens is 282 g/mol. The topological polar surface area (TPSA) is 83.8 Å². The van der Waals surface area contributed by atoms with Crippen LogP contribution in [-0.4, -0.2) is 39.2 Å². The van der Waals surface area contributed by atoms with Crippen molar-refractivity contribution in [2.24, 2.45) is 0 Å². The lowest BCUT2D eigenvalue weighted by atomic mass is 10.3. The minimum atomic E-state index is -2.17. The predicted octanol–water partition coefficient (Wildman–Crippen LogP) is 1.76. The van der Waals surface area contributed by atoms with E-state index >= 15 is 0 Å². The molecule has 0 rings (SSSR count). The second kappa shape index (κ2) is 9.96. The third kappa shape index (κ3) is 13.8. The Hall–Kier alpha value is -0.230. The molecule has 0 fully saturated rings. The fourth-order valence-corrected chi connectivity index (χ4v) is 0.457. The number of carboxylic acid groups (broad SMARTS) is 1. The molecule has 8 heteroatoms. The molecule has 0 aliphatic rings. The molecule has 0 bridgehead atoms. The van der Waals surface area contributed by atoms with Gasteiger partial charge in [0.05, 0.1) is 6.61 Å². The standard InChI is InChI=1S/C6H12O3.C2HCl3O2/c1-2-9-6(8)4-3-5-7;3-2(4,5)1(6)7/h7H,2-5H2,1H3;(H,6,7). The third-order valence-electron chi connectivity index (χ3n) is 1.09. The Kier molecular flexibility index (Phi) is 11.3. The van der Waals surface area contributed by atoms with E-state index in [2.05, 4.69) is 4.74 Å². The van der Waals surface area contributed by atoms with Gasteiger partial charge >= 0.3 is 11.9 Å². The highest BCUT2D eigenvalue weighted by molar-refractivity contribution is 6.75. The maximum absolute atomic E-state index is 10.5. The maximum atomic E-state index is 10.5. The highest BCUT2D eigenvalue weighted by Gasteiger charge is 2.29. The molecule has 0 saturated heterocycles. The van der Waals surface area contributed by atoms with Crippen LogP contribution in [0.15, 0.2) is 0 Å². The Labute approximate surface area is 108 Å². The van der Waals surface area contributed by atoms with Gasteiger partial charge in [-0.25, -0.2) is 4.79 Å². The predicted molar refractivity (Wildman–Crippen MR) is 60.9 cm³/mol. The lowest BCUT2D eigenvalue weighted by Crippen LogP contribution is -2.16. The Balaban J connectivity index is 0. The molecule has 5 nitrogen and oxygen atoms in total. The first kappa shape index (κ1) is 18.1. The van der Waals surface area contributed by atoms with E-state index in [1.165, 1.54) is 0 Å². The van der Waals surface area contributed by atoms with Crippen LogP contribution in [-0.2, 0) is 14.3 Å². The molecule has 0 aliphatic carbocycles. The molecule has 0 spiro atoms. The molecule has 0 amide bonds. The number of aliphatic carboxylic acids is 1. The first-order valence-electron chi connectivity index (χ1n) is 4.32. The van der Waals surface area contributed by atoms with E-state index in [-0.39, 0.29) is 12.6 Å². The fraction of sp³-hybridized carbons (Fsp3) is 0.750. The van der Waals surface area contributed by atoms with Crippen molar-refractivity contribution in [1.29, 1.82) is 0 Å². The SMILES string of the molecule is CCOC(=O)CCCO.O=C(O)C(Cl)(Cl)Cl. The Bertz CT molecular complexity index is 214. The van der Waals surface area contributed by atoms with Crippen LogP contribution in [0.25, 0.3) is 0 Å². The minimum Gasteiger partial charge on any atom is -0.478 e. The molecule has 0 aromatic heterocycles. The second-order valence-electron chi connectivity index (χ2n) is 2.44. The summed E-state index contributed by atoms with van der Waals surface area (Å²) in [6.07, 6.45) is 0.823. The highest BCUT2D eigenvalue weighted by atomic mass is 35.6. The van der Waals surface area contributed by atoms with Gasteiger partial charge in [-0.15, -0.1) is 0 Å². The van der Waals surface area contributed by atoms with Crippen LogP contribution in [0.1, 0.15) is 19.8 Å². The van der Waals surface area contributed by atoms with Gasteiger partial charge in [0.25, 0.3) is 3.79 Å². The molecule has 2 N–H and O–H groups in total. The van der Waals surface area contributed by atoms with E-state index in [0.717, 1.165) is 0 Å². The summed E-state index contributed by atoms with van der Waals surface area (Å²) in [5.41, 5.74) is 0. The number of hydrogen-bond acceptors (Lipinski definition) is 4. The molecule has 0 saturated carbocycles. The average Bonchev–Trinajstić information content (AvgIpc) is 2.14. The van der Waals surface area contributed by atoms with Gasteiger partial charge < -0.3 is 14.9 Å². The van der Waals surface area contributed by atoms with Crippen molar-refractivity contribution in [3.05, 3.63) is 0 Å². The number of aliphatic hydroxyl groups is 1. The van der Waals surface area contributed by atoms with Crippen LogP contribution >= 0.6 is 34.8 Å². The summed E-state index contributed by atoms with van der Waals surface area (Å²) in [5.74, 6) is -1.69. The van der Waals surface area contributed by atoms with Crippen molar-refractivity contribution in [3.63, 3.8) is 0 Å². The average molecular weight is 296 g/mol. The highest BCUT2D eigenvalue weighted by Crippen LogP contribution is 2.25. The van der Waals surface area contributed by atoms with Gasteiger partial charge in [0.2, 0.25) is 0 Å². The molecule has 0 heterocycles. The summed E-state index contributed by atoms with van der Waals surface area (Å²) in [6.45, 7) is 2.24. The molecule has 0 atom stereocenters. The van der Waals surface area contributed by atoms with Gasteiger partial charge in [0.15, 0.2) is 0 Å². The van der Waals surface area contributed by atoms with Crippen LogP contribution in [0.5, 0.6) is 0 Å². The summed E-state index contributed by atoms with van der Waals surface area (Å²) < 4.78 is 2.43. The van der Waals surface area contributed by atoms with Crippen LogP contribution < -0.4 is 0 Å². The Morgan fingerprint density at radius 2 is 1.75 bits per heavy atom. The zero-order chi connectivity index (χ0) is 13.2. The fourth-order valence-electron chi connectivity index (χ4n) is 0.457. The van der Waals surface area contributed by atoms with E-state index in [0.29, 0.717) is 19.4 Å². The summed E-state index contributed by atoms with van der Waals surface area (Å²) in [7, 11) is 0. The number of rotatable bonds is 4. The summed E-state index contributed by atoms with van der Waals surface area (Å²) in [4.78, 5) is 20.1. The number of esters is 1. The van der Waals surface area contributed by atoms with Gasteiger partial charge in [0, 0.05) is 13.0 Å². The molecule has 96 valence electrons. The third-order valence-corrected chi connectivity index (χ3v) is 1.57. The number of aliphatic hydroxyl groups excluding tert-OH is 1. The minimum absolute atomic E-state index is 0.0544. The van der Waals surface area contributed by atoms with Gasteiger partial charge in [0.1, 0.15) is 0 Å². The van der Waals surface area contributed by atoms with Gasteiger partial charge in [-0.2, -0.15) is 0 Å². The number of carboxylic acids is 1. The second-order valence-corrected chi connectivity index (χ2v) is 4.72. The van der Waals surface area contributed by atoms with Crippen molar-refractivity contribution in [3.8, 4) is 0 Å². The van der Waals surface area contributed by atoms with Crippen molar-refractivity contribution in [2.45, 2.75) is 23.6 Å². The zero-order valence-corrected chi connectivity index (χ0v) is 10.8. The monoisotopic (exact) mass is 294 g/mol. The van der Waals surface area contributed by atoms with Crippen LogP contribution in [0.4, 0.5) is 0 Å². The van der Waals surface area contributed by atoms with Crippen LogP contribution in [0, 0.1) is 0 Å². The Morgan fingerprint density at radius 3 is 2.00 bits per heavy atom. The van der Waals surface area contributed by atoms with Gasteiger partial charge in [-0.1, -0.05) is 34.8 Å². The van der Waals surface area contributed by atoms with E-state index < -0.39 is 9.76 Å². The van der Waals surface area contributed by atoms with Crippen molar-refractivity contribution in [2.75, 3.05) is 13.2 Å². The van der Waals surface area contributed by atoms with Crippen LogP contribution in [0.2, 0.25) is 0 Å². The quantitative estimate of drug-likeness (QED) is 0.610. The number of hydrogen-bond donors (Lipinski definition) is 2. The number of carbonyl (C=O) groups is 2. The van der Waals surface area contributed by atoms with Gasteiger partial charge in [-0.05, 0) is 13.3 Å². The van der Waals surface area contributed by atoms with Gasteiger partial charge in [-0.3, -0.25) is 4.79 Å². The smallest absolute Gasteiger partial charge is 0.356 e. The first-order valence-corrected chi connectivity index (χ1v) is 5.45. The molecule has 0 aromatic rings. The summed E-state index contributed by atoms with van der Waals surface area (Å²) >= 11 is 14.4. The van der Waals surface area contributed by atoms with Crippen molar-refractivity contribution in [1.82, 2.24) is 0 Å². The first-order chi connectivity index (χ1) is 7.25.